The van der Waals surface area contributed by atoms with Gasteiger partial charge >= 0.3 is 0 Å². The molecule has 1 aliphatic rings. The molecule has 94 valence electrons. The largest absolute Gasteiger partial charge is 0.371 e. The minimum absolute atomic E-state index is 0.794. The van der Waals surface area contributed by atoms with E-state index in [0.717, 1.165) is 12.5 Å². The van der Waals surface area contributed by atoms with Crippen molar-refractivity contribution in [3.8, 4) is 0 Å². The van der Waals surface area contributed by atoms with Gasteiger partial charge in [0.25, 0.3) is 0 Å². The predicted octanol–water partition coefficient (Wildman–Crippen LogP) is 3.11. The SMILES string of the molecule is CNCC1CCN(c2c(C)cc(Br)cc2C)C1. The van der Waals surface area contributed by atoms with Crippen molar-refractivity contribution in [1.82, 2.24) is 5.32 Å². The van der Waals surface area contributed by atoms with Gasteiger partial charge in [-0.25, -0.2) is 0 Å². The van der Waals surface area contributed by atoms with Crippen LogP contribution in [0.2, 0.25) is 0 Å². The molecule has 0 aromatic heterocycles. The van der Waals surface area contributed by atoms with Crippen LogP contribution in [0.5, 0.6) is 0 Å². The van der Waals surface area contributed by atoms with Crippen molar-refractivity contribution in [1.29, 1.82) is 0 Å². The molecule has 1 N–H and O–H groups in total. The van der Waals surface area contributed by atoms with E-state index in [4.69, 9.17) is 0 Å². The lowest BCUT2D eigenvalue weighted by Gasteiger charge is -2.23. The van der Waals surface area contributed by atoms with Crippen LogP contribution in [0.1, 0.15) is 17.5 Å². The van der Waals surface area contributed by atoms with Gasteiger partial charge in [0.2, 0.25) is 0 Å². The summed E-state index contributed by atoms with van der Waals surface area (Å²) in [6.45, 7) is 7.92. The Morgan fingerprint density at radius 3 is 2.59 bits per heavy atom. The van der Waals surface area contributed by atoms with Gasteiger partial charge in [0.05, 0.1) is 0 Å². The third kappa shape index (κ3) is 2.83. The van der Waals surface area contributed by atoms with Crippen LogP contribution in [0.3, 0.4) is 0 Å². The predicted molar refractivity (Wildman–Crippen MR) is 77.9 cm³/mol. The van der Waals surface area contributed by atoms with Crippen LogP contribution in [-0.2, 0) is 0 Å². The van der Waals surface area contributed by atoms with Crippen molar-refractivity contribution in [3.63, 3.8) is 0 Å². The molecule has 0 bridgehead atoms. The van der Waals surface area contributed by atoms with Crippen molar-refractivity contribution in [2.75, 3.05) is 31.6 Å². The zero-order chi connectivity index (χ0) is 12.4. The van der Waals surface area contributed by atoms with E-state index >= 15 is 0 Å². The van der Waals surface area contributed by atoms with E-state index in [9.17, 15) is 0 Å². The van der Waals surface area contributed by atoms with Gasteiger partial charge in [0.1, 0.15) is 0 Å². The minimum atomic E-state index is 0.794. The number of aryl methyl sites for hydroxylation is 2. The highest BCUT2D eigenvalue weighted by Crippen LogP contribution is 2.32. The highest BCUT2D eigenvalue weighted by Gasteiger charge is 2.24. The highest BCUT2D eigenvalue weighted by molar-refractivity contribution is 9.10. The summed E-state index contributed by atoms with van der Waals surface area (Å²) in [7, 11) is 2.04. The molecule has 3 heteroatoms. The molecule has 2 nitrogen and oxygen atoms in total. The maximum absolute atomic E-state index is 3.56. The Morgan fingerprint density at radius 1 is 1.35 bits per heavy atom. The van der Waals surface area contributed by atoms with E-state index in [2.05, 4.69) is 52.1 Å². The van der Waals surface area contributed by atoms with E-state index in [-0.39, 0.29) is 0 Å². The maximum atomic E-state index is 3.56. The Hall–Kier alpha value is -0.540. The molecule has 1 heterocycles. The molecule has 1 fully saturated rings. The number of hydrogen-bond acceptors (Lipinski definition) is 2. The highest BCUT2D eigenvalue weighted by atomic mass is 79.9. The average molecular weight is 297 g/mol. The second kappa shape index (κ2) is 5.40. The summed E-state index contributed by atoms with van der Waals surface area (Å²) in [5, 5.41) is 3.29. The van der Waals surface area contributed by atoms with Gasteiger partial charge in [0, 0.05) is 23.2 Å². The van der Waals surface area contributed by atoms with Gasteiger partial charge in [-0.2, -0.15) is 0 Å². The van der Waals surface area contributed by atoms with Crippen LogP contribution >= 0.6 is 15.9 Å². The fraction of sp³-hybridized carbons (Fsp3) is 0.571. The molecule has 1 atom stereocenters. The zero-order valence-electron chi connectivity index (χ0n) is 10.9. The van der Waals surface area contributed by atoms with Crippen LogP contribution in [0.4, 0.5) is 5.69 Å². The molecule has 1 saturated heterocycles. The summed E-state index contributed by atoms with van der Waals surface area (Å²) < 4.78 is 1.18. The number of hydrogen-bond donors (Lipinski definition) is 1. The Morgan fingerprint density at radius 2 is 2.00 bits per heavy atom. The molecule has 1 aromatic carbocycles. The lowest BCUT2D eigenvalue weighted by molar-refractivity contribution is 0.549. The van der Waals surface area contributed by atoms with Crippen molar-refractivity contribution < 1.29 is 0 Å². The van der Waals surface area contributed by atoms with E-state index in [0.29, 0.717) is 0 Å². The topological polar surface area (TPSA) is 15.3 Å². The van der Waals surface area contributed by atoms with Gasteiger partial charge in [-0.05, 0) is 63.0 Å². The molecule has 0 radical (unpaired) electrons. The Labute approximate surface area is 113 Å². The minimum Gasteiger partial charge on any atom is -0.371 e. The molecule has 1 unspecified atom stereocenters. The number of rotatable bonds is 3. The van der Waals surface area contributed by atoms with Gasteiger partial charge in [0.15, 0.2) is 0 Å². The first kappa shape index (κ1) is 12.9. The number of nitrogens with one attached hydrogen (secondary N) is 1. The summed E-state index contributed by atoms with van der Waals surface area (Å²) in [6.07, 6.45) is 1.30. The molecule has 0 saturated carbocycles. The monoisotopic (exact) mass is 296 g/mol. The molecular weight excluding hydrogens is 276 g/mol. The standard InChI is InChI=1S/C14H21BrN2/c1-10-6-13(15)7-11(2)14(10)17-5-4-12(9-17)8-16-3/h6-7,12,16H,4-5,8-9H2,1-3H3. The maximum Gasteiger partial charge on any atom is 0.0426 e. The molecule has 2 rings (SSSR count). The second-order valence-corrected chi connectivity index (χ2v) is 5.96. The zero-order valence-corrected chi connectivity index (χ0v) is 12.5. The lowest BCUT2D eigenvalue weighted by Crippen LogP contribution is -2.25. The van der Waals surface area contributed by atoms with Crippen molar-refractivity contribution >= 4 is 21.6 Å². The Balaban J connectivity index is 2.19. The fourth-order valence-corrected chi connectivity index (χ4v) is 3.58. The first-order valence-corrected chi connectivity index (χ1v) is 7.07. The van der Waals surface area contributed by atoms with Crippen LogP contribution in [-0.4, -0.2) is 26.7 Å². The number of benzene rings is 1. The number of anilines is 1. The third-order valence-electron chi connectivity index (χ3n) is 3.55. The summed E-state index contributed by atoms with van der Waals surface area (Å²) in [5.41, 5.74) is 4.19. The summed E-state index contributed by atoms with van der Waals surface area (Å²) in [5.74, 6) is 0.794. The first-order valence-electron chi connectivity index (χ1n) is 6.28. The number of nitrogens with zero attached hydrogens (tertiary/aromatic N) is 1. The third-order valence-corrected chi connectivity index (χ3v) is 4.01. The molecule has 0 amide bonds. The van der Waals surface area contributed by atoms with Crippen LogP contribution in [0.25, 0.3) is 0 Å². The summed E-state index contributed by atoms with van der Waals surface area (Å²) >= 11 is 3.56. The quantitative estimate of drug-likeness (QED) is 0.922. The van der Waals surface area contributed by atoms with Crippen LogP contribution in [0, 0.1) is 19.8 Å². The van der Waals surface area contributed by atoms with Gasteiger partial charge in [-0.15, -0.1) is 0 Å². The molecule has 1 aliphatic heterocycles. The van der Waals surface area contributed by atoms with Gasteiger partial charge in [-0.3, -0.25) is 0 Å². The van der Waals surface area contributed by atoms with Crippen LogP contribution < -0.4 is 10.2 Å². The van der Waals surface area contributed by atoms with Crippen molar-refractivity contribution in [2.24, 2.45) is 5.92 Å². The van der Waals surface area contributed by atoms with Crippen molar-refractivity contribution in [3.05, 3.63) is 27.7 Å². The molecule has 17 heavy (non-hydrogen) atoms. The van der Waals surface area contributed by atoms with Gasteiger partial charge in [-0.1, -0.05) is 15.9 Å². The van der Waals surface area contributed by atoms with E-state index in [1.54, 1.807) is 0 Å². The Kier molecular flexibility index (Phi) is 4.10. The summed E-state index contributed by atoms with van der Waals surface area (Å²) in [6, 6.07) is 4.43. The average Bonchev–Trinajstić information content (AvgIpc) is 2.65. The Bertz CT molecular complexity index is 380. The van der Waals surface area contributed by atoms with Crippen LogP contribution in [0.15, 0.2) is 16.6 Å². The molecule has 0 spiro atoms. The van der Waals surface area contributed by atoms with E-state index in [1.807, 2.05) is 7.05 Å². The van der Waals surface area contributed by atoms with E-state index in [1.165, 1.54) is 40.8 Å². The lowest BCUT2D eigenvalue weighted by atomic mass is 10.1. The first-order chi connectivity index (χ1) is 8.11. The van der Waals surface area contributed by atoms with Gasteiger partial charge < -0.3 is 10.2 Å². The number of halogens is 1. The summed E-state index contributed by atoms with van der Waals surface area (Å²) in [4.78, 5) is 2.54. The molecular formula is C14H21BrN2. The normalized spacial score (nSPS) is 20.0. The second-order valence-electron chi connectivity index (χ2n) is 5.05. The van der Waals surface area contributed by atoms with Crippen molar-refractivity contribution in [2.45, 2.75) is 20.3 Å². The molecule has 0 aliphatic carbocycles. The molecule has 1 aromatic rings. The fourth-order valence-electron chi connectivity index (χ4n) is 2.89. The smallest absolute Gasteiger partial charge is 0.0426 e. The van der Waals surface area contributed by atoms with E-state index < -0.39 is 0 Å².